The standard InChI is InChI=1S/C17H16N2O2/c20-16-5-1-4-13-14(16)7-8-15(13)19-17(21)9-6-12-3-2-10-18-11-12/h1-6,9-11,15,20H,7-8H2,(H,19,21)/b9-6+. The van der Waals surface area contributed by atoms with E-state index < -0.39 is 0 Å². The molecule has 106 valence electrons. The first-order chi connectivity index (χ1) is 10.2. The lowest BCUT2D eigenvalue weighted by atomic mass is 10.1. The van der Waals surface area contributed by atoms with Crippen LogP contribution in [0.1, 0.15) is 29.2 Å². The van der Waals surface area contributed by atoms with Crippen LogP contribution in [0.3, 0.4) is 0 Å². The molecule has 0 fully saturated rings. The number of pyridine rings is 1. The summed E-state index contributed by atoms with van der Waals surface area (Å²) in [6, 6.07) is 9.14. The summed E-state index contributed by atoms with van der Waals surface area (Å²) in [5, 5.41) is 12.8. The van der Waals surface area contributed by atoms with Crippen molar-refractivity contribution >= 4 is 12.0 Å². The van der Waals surface area contributed by atoms with Crippen LogP contribution in [0.15, 0.2) is 48.8 Å². The number of benzene rings is 1. The molecule has 1 amide bonds. The molecule has 2 N–H and O–H groups in total. The number of phenols is 1. The first-order valence-corrected chi connectivity index (χ1v) is 6.93. The smallest absolute Gasteiger partial charge is 0.244 e. The third kappa shape index (κ3) is 2.94. The molecule has 1 unspecified atom stereocenters. The summed E-state index contributed by atoms with van der Waals surface area (Å²) in [6.45, 7) is 0. The maximum atomic E-state index is 12.0. The number of rotatable bonds is 3. The molecule has 2 aromatic rings. The molecule has 21 heavy (non-hydrogen) atoms. The normalized spacial score (nSPS) is 16.9. The van der Waals surface area contributed by atoms with Gasteiger partial charge in [0, 0.05) is 18.5 Å². The van der Waals surface area contributed by atoms with Crippen molar-refractivity contribution < 1.29 is 9.90 Å². The Hall–Kier alpha value is -2.62. The summed E-state index contributed by atoms with van der Waals surface area (Å²) in [4.78, 5) is 16.0. The van der Waals surface area contributed by atoms with Gasteiger partial charge in [-0.05, 0) is 47.7 Å². The first-order valence-electron chi connectivity index (χ1n) is 6.93. The van der Waals surface area contributed by atoms with Gasteiger partial charge in [-0.3, -0.25) is 9.78 Å². The number of fused-ring (bicyclic) bond motifs is 1. The number of amides is 1. The Morgan fingerprint density at radius 2 is 2.24 bits per heavy atom. The minimum Gasteiger partial charge on any atom is -0.508 e. The highest BCUT2D eigenvalue weighted by Crippen LogP contribution is 2.36. The number of aromatic nitrogens is 1. The van der Waals surface area contributed by atoms with E-state index in [4.69, 9.17) is 0 Å². The average Bonchev–Trinajstić information content (AvgIpc) is 2.91. The van der Waals surface area contributed by atoms with Gasteiger partial charge in [-0.25, -0.2) is 0 Å². The van der Waals surface area contributed by atoms with Gasteiger partial charge >= 0.3 is 0 Å². The summed E-state index contributed by atoms with van der Waals surface area (Å²) >= 11 is 0. The molecule has 3 rings (SSSR count). The van der Waals surface area contributed by atoms with E-state index in [0.717, 1.165) is 29.5 Å². The first kappa shape index (κ1) is 13.4. The van der Waals surface area contributed by atoms with Crippen LogP contribution in [0.2, 0.25) is 0 Å². The van der Waals surface area contributed by atoms with Gasteiger partial charge in [-0.15, -0.1) is 0 Å². The Morgan fingerprint density at radius 3 is 3.05 bits per heavy atom. The molecule has 1 atom stereocenters. The molecule has 0 saturated heterocycles. The van der Waals surface area contributed by atoms with E-state index >= 15 is 0 Å². The highest BCUT2D eigenvalue weighted by molar-refractivity contribution is 5.92. The topological polar surface area (TPSA) is 62.2 Å². The average molecular weight is 280 g/mol. The van der Waals surface area contributed by atoms with E-state index in [1.165, 1.54) is 6.08 Å². The molecule has 0 aliphatic heterocycles. The second-order valence-electron chi connectivity index (χ2n) is 5.06. The van der Waals surface area contributed by atoms with Crippen molar-refractivity contribution in [1.29, 1.82) is 0 Å². The molecular formula is C17H16N2O2. The lowest BCUT2D eigenvalue weighted by molar-refractivity contribution is -0.117. The van der Waals surface area contributed by atoms with Crippen molar-refractivity contribution in [3.63, 3.8) is 0 Å². The maximum absolute atomic E-state index is 12.0. The summed E-state index contributed by atoms with van der Waals surface area (Å²) in [5.74, 6) is 0.176. The summed E-state index contributed by atoms with van der Waals surface area (Å²) in [6.07, 6.45) is 8.25. The zero-order valence-electron chi connectivity index (χ0n) is 11.5. The lowest BCUT2D eigenvalue weighted by Crippen LogP contribution is -2.25. The Balaban J connectivity index is 1.68. The number of nitrogens with zero attached hydrogens (tertiary/aromatic N) is 1. The van der Waals surface area contributed by atoms with Crippen LogP contribution in [0.4, 0.5) is 0 Å². The molecular weight excluding hydrogens is 264 g/mol. The predicted molar refractivity (Wildman–Crippen MR) is 80.6 cm³/mol. The molecule has 1 aliphatic rings. The second-order valence-corrected chi connectivity index (χ2v) is 5.06. The van der Waals surface area contributed by atoms with Crippen LogP contribution in [-0.4, -0.2) is 16.0 Å². The van der Waals surface area contributed by atoms with Crippen LogP contribution < -0.4 is 5.32 Å². The largest absolute Gasteiger partial charge is 0.508 e. The molecule has 0 bridgehead atoms. The minimum absolute atomic E-state index is 0.0295. The van der Waals surface area contributed by atoms with Crippen LogP contribution >= 0.6 is 0 Å². The molecule has 1 aromatic heterocycles. The molecule has 1 heterocycles. The summed E-state index contributed by atoms with van der Waals surface area (Å²) in [5.41, 5.74) is 2.84. The van der Waals surface area contributed by atoms with Crippen molar-refractivity contribution in [2.24, 2.45) is 0 Å². The van der Waals surface area contributed by atoms with Crippen LogP contribution in [-0.2, 0) is 11.2 Å². The van der Waals surface area contributed by atoms with Crippen LogP contribution in [0, 0.1) is 0 Å². The molecule has 0 radical (unpaired) electrons. The number of carbonyl (C=O) groups excluding carboxylic acids is 1. The Kier molecular flexibility index (Phi) is 3.69. The van der Waals surface area contributed by atoms with Crippen molar-refractivity contribution in [2.75, 3.05) is 0 Å². The number of carbonyl (C=O) groups is 1. The Labute approximate surface area is 123 Å². The fourth-order valence-electron chi connectivity index (χ4n) is 2.65. The SMILES string of the molecule is O=C(/C=C/c1cccnc1)NC1CCc2c(O)cccc21. The number of nitrogens with one attached hydrogen (secondary N) is 1. The van der Waals surface area contributed by atoms with Gasteiger partial charge in [-0.1, -0.05) is 18.2 Å². The quantitative estimate of drug-likeness (QED) is 0.849. The van der Waals surface area contributed by atoms with Gasteiger partial charge in [0.2, 0.25) is 5.91 Å². The van der Waals surface area contributed by atoms with Gasteiger partial charge in [0.1, 0.15) is 5.75 Å². The zero-order valence-corrected chi connectivity index (χ0v) is 11.5. The van der Waals surface area contributed by atoms with Crippen LogP contribution in [0.5, 0.6) is 5.75 Å². The van der Waals surface area contributed by atoms with Gasteiger partial charge in [0.25, 0.3) is 0 Å². The van der Waals surface area contributed by atoms with E-state index in [9.17, 15) is 9.90 Å². The third-order valence-corrected chi connectivity index (χ3v) is 3.67. The van der Waals surface area contributed by atoms with E-state index in [1.54, 1.807) is 24.5 Å². The summed E-state index contributed by atoms with van der Waals surface area (Å²) in [7, 11) is 0. The fraction of sp³-hybridized carbons (Fsp3) is 0.176. The molecule has 0 saturated carbocycles. The zero-order chi connectivity index (χ0) is 14.7. The fourth-order valence-corrected chi connectivity index (χ4v) is 2.65. The van der Waals surface area contributed by atoms with Gasteiger partial charge < -0.3 is 10.4 Å². The maximum Gasteiger partial charge on any atom is 0.244 e. The van der Waals surface area contributed by atoms with Gasteiger partial charge in [0.05, 0.1) is 6.04 Å². The monoisotopic (exact) mass is 280 g/mol. The minimum atomic E-state index is -0.139. The molecule has 1 aliphatic carbocycles. The Morgan fingerprint density at radius 1 is 1.33 bits per heavy atom. The van der Waals surface area contributed by atoms with E-state index in [2.05, 4.69) is 10.3 Å². The van der Waals surface area contributed by atoms with E-state index in [0.29, 0.717) is 5.75 Å². The number of phenolic OH excluding ortho intramolecular Hbond substituents is 1. The van der Waals surface area contributed by atoms with E-state index in [-0.39, 0.29) is 11.9 Å². The second kappa shape index (κ2) is 5.79. The number of hydrogen-bond acceptors (Lipinski definition) is 3. The van der Waals surface area contributed by atoms with Crippen molar-refractivity contribution in [3.05, 3.63) is 65.5 Å². The van der Waals surface area contributed by atoms with Gasteiger partial charge in [-0.2, -0.15) is 0 Å². The number of aromatic hydroxyl groups is 1. The highest BCUT2D eigenvalue weighted by Gasteiger charge is 2.25. The molecule has 4 nitrogen and oxygen atoms in total. The predicted octanol–water partition coefficient (Wildman–Crippen LogP) is 2.60. The van der Waals surface area contributed by atoms with Crippen LogP contribution in [0.25, 0.3) is 6.08 Å². The van der Waals surface area contributed by atoms with Crippen molar-refractivity contribution in [1.82, 2.24) is 10.3 Å². The summed E-state index contributed by atoms with van der Waals surface area (Å²) < 4.78 is 0. The third-order valence-electron chi connectivity index (χ3n) is 3.67. The molecule has 1 aromatic carbocycles. The number of hydrogen-bond donors (Lipinski definition) is 2. The van der Waals surface area contributed by atoms with Gasteiger partial charge in [0.15, 0.2) is 0 Å². The highest BCUT2D eigenvalue weighted by atomic mass is 16.3. The van der Waals surface area contributed by atoms with Crippen molar-refractivity contribution in [3.8, 4) is 5.75 Å². The molecule has 0 spiro atoms. The van der Waals surface area contributed by atoms with E-state index in [1.807, 2.05) is 24.3 Å². The van der Waals surface area contributed by atoms with Crippen molar-refractivity contribution in [2.45, 2.75) is 18.9 Å². The lowest BCUT2D eigenvalue weighted by Gasteiger charge is -2.12. The molecule has 4 heteroatoms. The Bertz CT molecular complexity index is 680.